The van der Waals surface area contributed by atoms with Gasteiger partial charge in [0.15, 0.2) is 0 Å². The zero-order valence-corrected chi connectivity index (χ0v) is 7.93. The van der Waals surface area contributed by atoms with Crippen molar-refractivity contribution >= 4 is 17.4 Å². The average Bonchev–Trinajstić information content (AvgIpc) is 2.85. The second-order valence-corrected chi connectivity index (χ2v) is 4.01. The zero-order chi connectivity index (χ0) is 8.84. The van der Waals surface area contributed by atoms with Crippen LogP contribution in [0.5, 0.6) is 0 Å². The summed E-state index contributed by atoms with van der Waals surface area (Å²) in [6.45, 7) is 0.942. The number of halogens is 1. The van der Waals surface area contributed by atoms with Crippen LogP contribution in [0.3, 0.4) is 0 Å². The van der Waals surface area contributed by atoms with E-state index in [1.807, 2.05) is 0 Å². The van der Waals surface area contributed by atoms with E-state index in [0.717, 1.165) is 30.2 Å². The summed E-state index contributed by atoms with van der Waals surface area (Å²) in [7, 11) is 0. The molecule has 0 amide bonds. The Morgan fingerprint density at radius 3 is 2.92 bits per heavy atom. The highest BCUT2D eigenvalue weighted by Crippen LogP contribution is 2.40. The molecular weight excluding hydrogens is 186 g/mol. The van der Waals surface area contributed by atoms with E-state index >= 15 is 0 Å². The summed E-state index contributed by atoms with van der Waals surface area (Å²) in [5.41, 5.74) is 1.09. The molecule has 0 spiro atoms. The van der Waals surface area contributed by atoms with Crippen LogP contribution in [0.1, 0.15) is 30.1 Å². The lowest BCUT2D eigenvalue weighted by atomic mass is 10.2. The van der Waals surface area contributed by atoms with Crippen molar-refractivity contribution in [2.45, 2.75) is 25.2 Å². The summed E-state index contributed by atoms with van der Waals surface area (Å²) in [6.07, 6.45) is 3.39. The van der Waals surface area contributed by atoms with Crippen LogP contribution in [-0.4, -0.2) is 16.5 Å². The van der Waals surface area contributed by atoms with E-state index in [-0.39, 0.29) is 0 Å². The van der Waals surface area contributed by atoms with Gasteiger partial charge in [-0.05, 0) is 19.3 Å². The molecule has 1 aromatic heterocycles. The molecule has 0 radical (unpaired) electrons. The van der Waals surface area contributed by atoms with Gasteiger partial charge in [-0.1, -0.05) is 11.6 Å². The van der Waals surface area contributed by atoms with Crippen LogP contribution in [0.25, 0.3) is 0 Å². The van der Waals surface area contributed by atoms with Crippen molar-refractivity contribution in [2.24, 2.45) is 0 Å². The molecule has 1 aliphatic carbocycles. The van der Waals surface area contributed by atoms with Gasteiger partial charge in [-0.3, -0.25) is 0 Å². The maximum Gasteiger partial charge on any atom is 0.138 e. The summed E-state index contributed by atoms with van der Waals surface area (Å²) in [5.74, 6) is 2.46. The molecule has 0 bridgehead atoms. The van der Waals surface area contributed by atoms with Crippen LogP contribution >= 0.6 is 11.6 Å². The molecule has 3 nitrogen and oxygen atoms in total. The Bertz CT molecular complexity index is 360. The van der Waals surface area contributed by atoms with Crippen LogP contribution < -0.4 is 5.32 Å². The minimum Gasteiger partial charge on any atom is -0.369 e. The van der Waals surface area contributed by atoms with E-state index in [2.05, 4.69) is 15.3 Å². The Balaban J connectivity index is 2.10. The second-order valence-electron chi connectivity index (χ2n) is 3.65. The first-order chi connectivity index (χ1) is 6.34. The minimum absolute atomic E-state index is 0.574. The van der Waals surface area contributed by atoms with E-state index in [0.29, 0.717) is 11.1 Å². The van der Waals surface area contributed by atoms with E-state index in [1.165, 1.54) is 12.8 Å². The van der Waals surface area contributed by atoms with Crippen molar-refractivity contribution in [3.63, 3.8) is 0 Å². The first kappa shape index (κ1) is 7.56. The summed E-state index contributed by atoms with van der Waals surface area (Å²) in [4.78, 5) is 8.79. The number of fused-ring (bicyclic) bond motifs is 1. The molecule has 0 aromatic carbocycles. The van der Waals surface area contributed by atoms with Gasteiger partial charge < -0.3 is 5.32 Å². The Morgan fingerprint density at radius 2 is 2.15 bits per heavy atom. The van der Waals surface area contributed by atoms with Crippen molar-refractivity contribution in [3.8, 4) is 0 Å². The Hall–Kier alpha value is -0.830. The normalized spacial score (nSPS) is 19.8. The minimum atomic E-state index is 0.574. The molecule has 2 heterocycles. The number of hydrogen-bond acceptors (Lipinski definition) is 3. The molecule has 1 N–H and O–H groups in total. The third-order valence-corrected chi connectivity index (χ3v) is 2.90. The Kier molecular flexibility index (Phi) is 1.50. The SMILES string of the molecule is Clc1nc(C2CC2)nc2c1CCN2. The molecule has 4 heteroatoms. The van der Waals surface area contributed by atoms with E-state index in [1.54, 1.807) is 0 Å². The molecule has 3 rings (SSSR count). The van der Waals surface area contributed by atoms with E-state index in [4.69, 9.17) is 11.6 Å². The predicted molar refractivity (Wildman–Crippen MR) is 51.2 cm³/mol. The van der Waals surface area contributed by atoms with Gasteiger partial charge >= 0.3 is 0 Å². The van der Waals surface area contributed by atoms with Gasteiger partial charge in [0.2, 0.25) is 0 Å². The molecular formula is C9H10ClN3. The third-order valence-electron chi connectivity index (χ3n) is 2.58. The maximum atomic E-state index is 6.06. The average molecular weight is 196 g/mol. The van der Waals surface area contributed by atoms with Crippen LogP contribution in [0.15, 0.2) is 0 Å². The van der Waals surface area contributed by atoms with Crippen molar-refractivity contribution in [3.05, 3.63) is 16.5 Å². The Labute approximate surface area is 81.5 Å². The molecule has 13 heavy (non-hydrogen) atoms. The lowest BCUT2D eigenvalue weighted by molar-refractivity contribution is 0.925. The number of rotatable bonds is 1. The number of nitrogens with zero attached hydrogens (tertiary/aromatic N) is 2. The summed E-state index contributed by atoms with van der Waals surface area (Å²) in [5, 5.41) is 3.88. The fraction of sp³-hybridized carbons (Fsp3) is 0.556. The molecule has 0 atom stereocenters. The fourth-order valence-electron chi connectivity index (χ4n) is 1.67. The molecule has 1 saturated carbocycles. The van der Waals surface area contributed by atoms with Crippen LogP contribution in [-0.2, 0) is 6.42 Å². The standard InChI is InChI=1S/C9H10ClN3/c10-7-6-3-4-11-9(6)13-8(12-7)5-1-2-5/h5H,1-4H2,(H,11,12,13). The van der Waals surface area contributed by atoms with Crippen LogP contribution in [0.2, 0.25) is 5.15 Å². The molecule has 1 aliphatic heterocycles. The topological polar surface area (TPSA) is 37.8 Å². The molecule has 2 aliphatic rings. The highest BCUT2D eigenvalue weighted by atomic mass is 35.5. The van der Waals surface area contributed by atoms with Gasteiger partial charge in [0, 0.05) is 18.0 Å². The van der Waals surface area contributed by atoms with Crippen LogP contribution in [0, 0.1) is 0 Å². The molecule has 1 fully saturated rings. The van der Waals surface area contributed by atoms with Gasteiger partial charge in [-0.25, -0.2) is 9.97 Å². The number of anilines is 1. The summed E-state index contributed by atoms with van der Waals surface area (Å²) >= 11 is 6.06. The maximum absolute atomic E-state index is 6.06. The van der Waals surface area contributed by atoms with Gasteiger partial charge in [0.05, 0.1) is 0 Å². The molecule has 0 saturated heterocycles. The summed E-state index contributed by atoms with van der Waals surface area (Å²) < 4.78 is 0. The highest BCUT2D eigenvalue weighted by Gasteiger charge is 2.29. The number of aromatic nitrogens is 2. The highest BCUT2D eigenvalue weighted by molar-refractivity contribution is 6.30. The van der Waals surface area contributed by atoms with Gasteiger partial charge in [0.25, 0.3) is 0 Å². The van der Waals surface area contributed by atoms with Crippen molar-refractivity contribution < 1.29 is 0 Å². The number of hydrogen-bond donors (Lipinski definition) is 1. The molecule has 1 aromatic rings. The zero-order valence-electron chi connectivity index (χ0n) is 7.18. The van der Waals surface area contributed by atoms with Gasteiger partial charge in [-0.2, -0.15) is 0 Å². The molecule has 0 unspecified atom stereocenters. The Morgan fingerprint density at radius 1 is 1.31 bits per heavy atom. The lowest BCUT2D eigenvalue weighted by Gasteiger charge is -2.03. The first-order valence-corrected chi connectivity index (χ1v) is 5.02. The largest absolute Gasteiger partial charge is 0.369 e. The second kappa shape index (κ2) is 2.58. The fourth-order valence-corrected chi connectivity index (χ4v) is 1.94. The smallest absolute Gasteiger partial charge is 0.138 e. The predicted octanol–water partition coefficient (Wildman–Crippen LogP) is 1.98. The third kappa shape index (κ3) is 1.18. The van der Waals surface area contributed by atoms with E-state index in [9.17, 15) is 0 Å². The quantitative estimate of drug-likeness (QED) is 0.697. The summed E-state index contributed by atoms with van der Waals surface area (Å²) in [6, 6.07) is 0. The number of nitrogens with one attached hydrogen (secondary N) is 1. The van der Waals surface area contributed by atoms with E-state index < -0.39 is 0 Å². The van der Waals surface area contributed by atoms with Crippen molar-refractivity contribution in [1.29, 1.82) is 0 Å². The van der Waals surface area contributed by atoms with Crippen LogP contribution in [0.4, 0.5) is 5.82 Å². The lowest BCUT2D eigenvalue weighted by Crippen LogP contribution is -1.98. The van der Waals surface area contributed by atoms with Gasteiger partial charge in [0.1, 0.15) is 16.8 Å². The van der Waals surface area contributed by atoms with Gasteiger partial charge in [-0.15, -0.1) is 0 Å². The van der Waals surface area contributed by atoms with Crippen molar-refractivity contribution in [1.82, 2.24) is 9.97 Å². The monoisotopic (exact) mass is 195 g/mol. The molecule has 68 valence electrons. The van der Waals surface area contributed by atoms with Crippen molar-refractivity contribution in [2.75, 3.05) is 11.9 Å². The first-order valence-electron chi connectivity index (χ1n) is 4.65.